The number of hydrogen-bond donors (Lipinski definition) is 2. The fourth-order valence-corrected chi connectivity index (χ4v) is 3.89. The quantitative estimate of drug-likeness (QED) is 0.706. The minimum atomic E-state index is -0.179. The van der Waals surface area contributed by atoms with Gasteiger partial charge in [-0.25, -0.2) is 0 Å². The first-order chi connectivity index (χ1) is 14.2. The highest BCUT2D eigenvalue weighted by Crippen LogP contribution is 2.32. The third-order valence-corrected chi connectivity index (χ3v) is 5.24. The molecule has 0 spiro atoms. The number of carbonyl (C=O) groups is 2. The molecular formula is C23H24N4O2. The average Bonchev–Trinajstić information content (AvgIpc) is 3.22. The van der Waals surface area contributed by atoms with Crippen LogP contribution in [0.4, 0.5) is 5.69 Å². The van der Waals surface area contributed by atoms with Gasteiger partial charge in [-0.3, -0.25) is 14.5 Å². The lowest BCUT2D eigenvalue weighted by atomic mass is 10.00. The van der Waals surface area contributed by atoms with Crippen LogP contribution >= 0.6 is 0 Å². The van der Waals surface area contributed by atoms with Crippen LogP contribution in [0.5, 0.6) is 0 Å². The number of benzene rings is 2. The van der Waals surface area contributed by atoms with Crippen LogP contribution in [0.1, 0.15) is 27.7 Å². The lowest BCUT2D eigenvalue weighted by Gasteiger charge is -2.36. The number of aromatic nitrogens is 1. The minimum absolute atomic E-state index is 0.0305. The number of hydrogen-bond acceptors (Lipinski definition) is 3. The highest BCUT2D eigenvalue weighted by molar-refractivity contribution is 5.97. The second-order valence-electron chi connectivity index (χ2n) is 7.12. The molecule has 0 saturated carbocycles. The van der Waals surface area contributed by atoms with Crippen molar-refractivity contribution < 1.29 is 9.59 Å². The van der Waals surface area contributed by atoms with Gasteiger partial charge < -0.3 is 15.2 Å². The second kappa shape index (κ2) is 8.32. The Morgan fingerprint density at radius 2 is 1.83 bits per heavy atom. The smallest absolute Gasteiger partial charge is 0.251 e. The zero-order valence-electron chi connectivity index (χ0n) is 16.3. The van der Waals surface area contributed by atoms with E-state index < -0.39 is 0 Å². The third-order valence-electron chi connectivity index (χ3n) is 5.24. The van der Waals surface area contributed by atoms with Crippen molar-refractivity contribution in [1.82, 2.24) is 14.8 Å². The van der Waals surface area contributed by atoms with E-state index >= 15 is 0 Å². The first-order valence-electron chi connectivity index (χ1n) is 9.72. The van der Waals surface area contributed by atoms with E-state index in [0.717, 1.165) is 13.1 Å². The molecule has 6 nitrogen and oxygen atoms in total. The van der Waals surface area contributed by atoms with Crippen molar-refractivity contribution in [2.24, 2.45) is 0 Å². The average molecular weight is 388 g/mol. The van der Waals surface area contributed by atoms with Gasteiger partial charge in [0.2, 0.25) is 5.91 Å². The summed E-state index contributed by atoms with van der Waals surface area (Å²) in [6.07, 6.45) is 2.09. The summed E-state index contributed by atoms with van der Waals surface area (Å²) in [5.41, 5.74) is 3.49. The highest BCUT2D eigenvalue weighted by Gasteiger charge is 2.29. The largest absolute Gasteiger partial charge is 0.355 e. The molecule has 1 unspecified atom stereocenters. The second-order valence-corrected chi connectivity index (χ2v) is 7.12. The lowest BCUT2D eigenvalue weighted by molar-refractivity contribution is -0.117. The van der Waals surface area contributed by atoms with E-state index in [1.807, 2.05) is 18.2 Å². The van der Waals surface area contributed by atoms with Crippen molar-refractivity contribution in [2.75, 3.05) is 25.5 Å². The van der Waals surface area contributed by atoms with Gasteiger partial charge in [-0.1, -0.05) is 36.4 Å². The normalized spacial score (nSPS) is 16.1. The molecule has 1 aliphatic rings. The van der Waals surface area contributed by atoms with Crippen molar-refractivity contribution in [2.45, 2.75) is 12.6 Å². The molecule has 3 aromatic rings. The van der Waals surface area contributed by atoms with Crippen molar-refractivity contribution in [1.29, 1.82) is 0 Å². The summed E-state index contributed by atoms with van der Waals surface area (Å²) in [4.78, 5) is 26.8. The molecule has 0 bridgehead atoms. The Balaban J connectivity index is 1.52. The number of nitrogens with zero attached hydrogens (tertiary/aromatic N) is 2. The monoisotopic (exact) mass is 388 g/mol. The molecule has 148 valence electrons. The number of rotatable bonds is 5. The fraction of sp³-hybridized carbons (Fsp3) is 0.217. The Morgan fingerprint density at radius 1 is 1.00 bits per heavy atom. The topological polar surface area (TPSA) is 66.4 Å². The van der Waals surface area contributed by atoms with E-state index in [1.165, 1.54) is 11.3 Å². The van der Waals surface area contributed by atoms with Gasteiger partial charge >= 0.3 is 0 Å². The first-order valence-corrected chi connectivity index (χ1v) is 9.72. The third kappa shape index (κ3) is 4.07. The number of amides is 2. The van der Waals surface area contributed by atoms with Gasteiger partial charge in [0.15, 0.2) is 0 Å². The fourth-order valence-electron chi connectivity index (χ4n) is 3.89. The van der Waals surface area contributed by atoms with Crippen LogP contribution in [0.25, 0.3) is 0 Å². The predicted octanol–water partition coefficient (Wildman–Crippen LogP) is 2.89. The van der Waals surface area contributed by atoms with E-state index in [-0.39, 0.29) is 24.4 Å². The molecule has 29 heavy (non-hydrogen) atoms. The van der Waals surface area contributed by atoms with E-state index in [4.69, 9.17) is 0 Å². The Bertz CT molecular complexity index is 1010. The highest BCUT2D eigenvalue weighted by atomic mass is 16.2. The summed E-state index contributed by atoms with van der Waals surface area (Å²) >= 11 is 0. The predicted molar refractivity (Wildman–Crippen MR) is 113 cm³/mol. The van der Waals surface area contributed by atoms with Gasteiger partial charge in [-0.15, -0.1) is 0 Å². The van der Waals surface area contributed by atoms with Crippen LogP contribution in [-0.2, 0) is 11.3 Å². The lowest BCUT2D eigenvalue weighted by Crippen LogP contribution is -2.42. The van der Waals surface area contributed by atoms with Crippen molar-refractivity contribution >= 4 is 17.5 Å². The first kappa shape index (κ1) is 19.0. The maximum absolute atomic E-state index is 12.8. The molecule has 0 aliphatic carbocycles. The van der Waals surface area contributed by atoms with E-state index in [1.54, 1.807) is 31.3 Å². The number of nitrogens with one attached hydrogen (secondary N) is 2. The molecule has 2 heterocycles. The Hall–Kier alpha value is -3.38. The van der Waals surface area contributed by atoms with Crippen LogP contribution in [0.3, 0.4) is 0 Å². The molecule has 2 N–H and O–H groups in total. The van der Waals surface area contributed by atoms with Gasteiger partial charge in [0.1, 0.15) is 0 Å². The molecule has 0 saturated heterocycles. The van der Waals surface area contributed by atoms with Gasteiger partial charge in [0, 0.05) is 43.3 Å². The maximum Gasteiger partial charge on any atom is 0.251 e. The molecule has 4 rings (SSSR count). The van der Waals surface area contributed by atoms with E-state index in [2.05, 4.69) is 50.6 Å². The van der Waals surface area contributed by atoms with Crippen LogP contribution < -0.4 is 10.6 Å². The Labute approximate surface area is 170 Å². The standard InChI is InChI=1S/C23H24N4O2/c1-24-23(29)18-9-5-10-19(15-18)25-21(28)16-27-14-13-26-12-6-11-20(26)22(27)17-7-3-2-4-8-17/h2-12,15,22H,13-14,16H2,1H3,(H,24,29)(H,25,28). The summed E-state index contributed by atoms with van der Waals surface area (Å²) in [6.45, 7) is 1.91. The van der Waals surface area contributed by atoms with Crippen molar-refractivity contribution in [3.8, 4) is 0 Å². The molecule has 1 aromatic heterocycles. The zero-order valence-corrected chi connectivity index (χ0v) is 16.3. The minimum Gasteiger partial charge on any atom is -0.355 e. The zero-order chi connectivity index (χ0) is 20.2. The number of anilines is 1. The van der Waals surface area contributed by atoms with Crippen LogP contribution in [0.15, 0.2) is 72.9 Å². The molecule has 1 atom stereocenters. The molecule has 0 fully saturated rings. The SMILES string of the molecule is CNC(=O)c1cccc(NC(=O)CN2CCn3cccc3C2c2ccccc2)c1. The van der Waals surface area contributed by atoms with Crippen LogP contribution in [0, 0.1) is 0 Å². The summed E-state index contributed by atoms with van der Waals surface area (Å²) in [7, 11) is 1.59. The molecule has 0 radical (unpaired) electrons. The molecule has 2 aromatic carbocycles. The Morgan fingerprint density at radius 3 is 2.62 bits per heavy atom. The van der Waals surface area contributed by atoms with E-state index in [0.29, 0.717) is 11.3 Å². The van der Waals surface area contributed by atoms with Gasteiger partial charge in [-0.2, -0.15) is 0 Å². The summed E-state index contributed by atoms with van der Waals surface area (Å²) in [6, 6.07) is 21.4. The maximum atomic E-state index is 12.8. The molecule has 2 amide bonds. The van der Waals surface area contributed by atoms with Gasteiger partial charge in [-0.05, 0) is 35.9 Å². The molecule has 6 heteroatoms. The number of carbonyl (C=O) groups excluding carboxylic acids is 2. The summed E-state index contributed by atoms with van der Waals surface area (Å²) in [5.74, 6) is -0.276. The summed E-state index contributed by atoms with van der Waals surface area (Å²) in [5, 5.41) is 5.53. The number of fused-ring (bicyclic) bond motifs is 1. The molecular weight excluding hydrogens is 364 g/mol. The van der Waals surface area contributed by atoms with Crippen molar-refractivity contribution in [3.05, 3.63) is 89.7 Å². The van der Waals surface area contributed by atoms with Crippen LogP contribution in [0.2, 0.25) is 0 Å². The summed E-state index contributed by atoms with van der Waals surface area (Å²) < 4.78 is 2.25. The van der Waals surface area contributed by atoms with Crippen LogP contribution in [-0.4, -0.2) is 41.4 Å². The van der Waals surface area contributed by atoms with E-state index in [9.17, 15) is 9.59 Å². The van der Waals surface area contributed by atoms with Crippen molar-refractivity contribution in [3.63, 3.8) is 0 Å². The van der Waals surface area contributed by atoms with Gasteiger partial charge in [0.25, 0.3) is 5.91 Å². The molecule has 1 aliphatic heterocycles. The Kier molecular flexibility index (Phi) is 5.44. The van der Waals surface area contributed by atoms with Gasteiger partial charge in [0.05, 0.1) is 12.6 Å².